The van der Waals surface area contributed by atoms with Crippen LogP contribution in [0, 0.1) is 0 Å². The summed E-state index contributed by atoms with van der Waals surface area (Å²) in [7, 11) is 1.71. The van der Waals surface area contributed by atoms with Gasteiger partial charge >= 0.3 is 0 Å². The van der Waals surface area contributed by atoms with Crippen LogP contribution in [0.1, 0.15) is 32.6 Å². The van der Waals surface area contributed by atoms with Gasteiger partial charge in [-0.25, -0.2) is 0 Å². The number of hydrogen-bond donors (Lipinski definition) is 1. The first-order valence-corrected chi connectivity index (χ1v) is 7.39. The van der Waals surface area contributed by atoms with Crippen LogP contribution in [0.3, 0.4) is 0 Å². The first kappa shape index (κ1) is 15.9. The Labute approximate surface area is 112 Å². The molecular weight excluding hydrogens is 228 g/mol. The summed E-state index contributed by atoms with van der Waals surface area (Å²) in [6.45, 7) is 9.08. The number of methoxy groups -OCH3 is 1. The molecule has 4 nitrogen and oxygen atoms in total. The molecule has 0 spiro atoms. The second-order valence-corrected chi connectivity index (χ2v) is 5.05. The lowest BCUT2D eigenvalue weighted by atomic mass is 10.2. The Hall–Kier alpha value is -0.160. The summed E-state index contributed by atoms with van der Waals surface area (Å²) in [5.41, 5.74) is 0. The van der Waals surface area contributed by atoms with Crippen molar-refractivity contribution in [3.05, 3.63) is 0 Å². The summed E-state index contributed by atoms with van der Waals surface area (Å²) in [6.07, 6.45) is 5.20. The first-order valence-electron chi connectivity index (χ1n) is 7.39. The molecule has 1 fully saturated rings. The highest BCUT2D eigenvalue weighted by atomic mass is 16.5. The fourth-order valence-corrected chi connectivity index (χ4v) is 2.34. The summed E-state index contributed by atoms with van der Waals surface area (Å²) in [5, 5.41) is 3.57. The molecule has 0 radical (unpaired) electrons. The van der Waals surface area contributed by atoms with E-state index in [1.807, 2.05) is 0 Å². The van der Waals surface area contributed by atoms with Gasteiger partial charge in [0, 0.05) is 26.2 Å². The molecule has 1 heterocycles. The molecule has 1 rings (SSSR count). The van der Waals surface area contributed by atoms with Gasteiger partial charge in [0.1, 0.15) is 0 Å². The summed E-state index contributed by atoms with van der Waals surface area (Å²) in [6, 6.07) is 0.695. The monoisotopic (exact) mass is 258 g/mol. The first-order chi connectivity index (χ1) is 8.86. The second-order valence-electron chi connectivity index (χ2n) is 5.05. The molecular formula is C14H30N2O2. The third-order valence-corrected chi connectivity index (χ3v) is 3.45. The zero-order chi connectivity index (χ0) is 13.1. The minimum atomic E-state index is 0.694. The van der Waals surface area contributed by atoms with Crippen LogP contribution in [0.5, 0.6) is 0 Å². The van der Waals surface area contributed by atoms with E-state index < -0.39 is 0 Å². The van der Waals surface area contributed by atoms with E-state index in [2.05, 4.69) is 17.1 Å². The average Bonchev–Trinajstić information content (AvgIpc) is 2.88. The number of ether oxygens (including phenoxy) is 2. The zero-order valence-corrected chi connectivity index (χ0v) is 12.1. The third kappa shape index (κ3) is 7.31. The summed E-state index contributed by atoms with van der Waals surface area (Å²) >= 11 is 0. The second kappa shape index (κ2) is 10.7. The van der Waals surface area contributed by atoms with Crippen molar-refractivity contribution >= 4 is 0 Å². The number of nitrogens with one attached hydrogen (secondary N) is 1. The van der Waals surface area contributed by atoms with Crippen molar-refractivity contribution < 1.29 is 9.47 Å². The molecule has 0 aliphatic carbocycles. The number of nitrogens with zero attached hydrogens (tertiary/aromatic N) is 1. The van der Waals surface area contributed by atoms with Crippen LogP contribution in [0.4, 0.5) is 0 Å². The van der Waals surface area contributed by atoms with Crippen molar-refractivity contribution in [1.82, 2.24) is 10.2 Å². The predicted octanol–water partition coefficient (Wildman–Crippen LogP) is 1.50. The van der Waals surface area contributed by atoms with E-state index >= 15 is 0 Å². The van der Waals surface area contributed by atoms with Gasteiger partial charge in [-0.3, -0.25) is 4.90 Å². The van der Waals surface area contributed by atoms with Crippen LogP contribution in [-0.2, 0) is 9.47 Å². The molecule has 18 heavy (non-hydrogen) atoms. The van der Waals surface area contributed by atoms with Crippen molar-refractivity contribution in [2.24, 2.45) is 0 Å². The SMILES string of the molecule is CCCCN(CCOCCOC)CC1CCCN1. The highest BCUT2D eigenvalue weighted by Crippen LogP contribution is 2.07. The van der Waals surface area contributed by atoms with E-state index in [1.165, 1.54) is 45.3 Å². The fourth-order valence-electron chi connectivity index (χ4n) is 2.34. The van der Waals surface area contributed by atoms with E-state index in [9.17, 15) is 0 Å². The van der Waals surface area contributed by atoms with Crippen molar-refractivity contribution in [3.63, 3.8) is 0 Å². The Bertz CT molecular complexity index is 185. The van der Waals surface area contributed by atoms with Crippen LogP contribution in [0.2, 0.25) is 0 Å². The fraction of sp³-hybridized carbons (Fsp3) is 1.00. The van der Waals surface area contributed by atoms with E-state index in [-0.39, 0.29) is 0 Å². The minimum absolute atomic E-state index is 0.694. The van der Waals surface area contributed by atoms with E-state index in [4.69, 9.17) is 9.47 Å². The maximum absolute atomic E-state index is 5.56. The van der Waals surface area contributed by atoms with Crippen molar-refractivity contribution in [1.29, 1.82) is 0 Å². The molecule has 108 valence electrons. The number of unbranched alkanes of at least 4 members (excludes halogenated alkanes) is 1. The van der Waals surface area contributed by atoms with Crippen LogP contribution in [0.25, 0.3) is 0 Å². The number of hydrogen-bond acceptors (Lipinski definition) is 4. The molecule has 1 atom stereocenters. The number of rotatable bonds is 11. The Morgan fingerprint density at radius 3 is 2.78 bits per heavy atom. The highest BCUT2D eigenvalue weighted by Gasteiger charge is 2.17. The van der Waals surface area contributed by atoms with Gasteiger partial charge < -0.3 is 14.8 Å². The molecule has 1 unspecified atom stereocenters. The minimum Gasteiger partial charge on any atom is -0.382 e. The average molecular weight is 258 g/mol. The molecule has 0 aromatic rings. The van der Waals surface area contributed by atoms with Gasteiger partial charge in [-0.1, -0.05) is 13.3 Å². The van der Waals surface area contributed by atoms with Crippen LogP contribution < -0.4 is 5.32 Å². The Morgan fingerprint density at radius 1 is 1.22 bits per heavy atom. The van der Waals surface area contributed by atoms with Crippen LogP contribution >= 0.6 is 0 Å². The Kier molecular flexibility index (Phi) is 9.48. The lowest BCUT2D eigenvalue weighted by Crippen LogP contribution is -2.39. The largest absolute Gasteiger partial charge is 0.382 e. The quantitative estimate of drug-likeness (QED) is 0.570. The Morgan fingerprint density at radius 2 is 2.11 bits per heavy atom. The van der Waals surface area contributed by atoms with E-state index in [0.717, 1.165) is 13.2 Å². The van der Waals surface area contributed by atoms with Gasteiger partial charge in [0.15, 0.2) is 0 Å². The third-order valence-electron chi connectivity index (χ3n) is 3.45. The van der Waals surface area contributed by atoms with E-state index in [0.29, 0.717) is 19.3 Å². The standard InChI is InChI=1S/C14H30N2O2/c1-3-4-8-16(9-10-18-12-11-17-2)13-14-6-5-7-15-14/h14-15H,3-13H2,1-2H3. The summed E-state index contributed by atoms with van der Waals surface area (Å²) in [4.78, 5) is 2.54. The lowest BCUT2D eigenvalue weighted by molar-refractivity contribution is 0.0557. The van der Waals surface area contributed by atoms with Gasteiger partial charge in [-0.15, -0.1) is 0 Å². The molecule has 0 aromatic heterocycles. The normalized spacial score (nSPS) is 19.8. The maximum Gasteiger partial charge on any atom is 0.0700 e. The summed E-state index contributed by atoms with van der Waals surface area (Å²) < 4.78 is 10.5. The van der Waals surface area contributed by atoms with Gasteiger partial charge in [0.2, 0.25) is 0 Å². The van der Waals surface area contributed by atoms with E-state index in [1.54, 1.807) is 7.11 Å². The molecule has 4 heteroatoms. The maximum atomic E-state index is 5.56. The molecule has 0 aromatic carbocycles. The molecule has 1 saturated heterocycles. The molecule has 1 aliphatic heterocycles. The lowest BCUT2D eigenvalue weighted by Gasteiger charge is -2.25. The topological polar surface area (TPSA) is 33.7 Å². The summed E-state index contributed by atoms with van der Waals surface area (Å²) in [5.74, 6) is 0. The van der Waals surface area contributed by atoms with Crippen molar-refractivity contribution in [2.45, 2.75) is 38.6 Å². The zero-order valence-electron chi connectivity index (χ0n) is 12.1. The highest BCUT2D eigenvalue weighted by molar-refractivity contribution is 4.77. The molecule has 1 N–H and O–H groups in total. The van der Waals surface area contributed by atoms with Crippen molar-refractivity contribution in [2.75, 3.05) is 53.1 Å². The molecule has 0 saturated carbocycles. The van der Waals surface area contributed by atoms with Crippen LogP contribution in [-0.4, -0.2) is 64.1 Å². The molecule has 0 bridgehead atoms. The smallest absolute Gasteiger partial charge is 0.0700 e. The predicted molar refractivity (Wildman–Crippen MR) is 75.1 cm³/mol. The van der Waals surface area contributed by atoms with Crippen LogP contribution in [0.15, 0.2) is 0 Å². The van der Waals surface area contributed by atoms with Crippen molar-refractivity contribution in [3.8, 4) is 0 Å². The molecule has 0 amide bonds. The Balaban J connectivity index is 2.13. The van der Waals surface area contributed by atoms with Gasteiger partial charge in [0.25, 0.3) is 0 Å². The molecule has 1 aliphatic rings. The van der Waals surface area contributed by atoms with Gasteiger partial charge in [-0.2, -0.15) is 0 Å². The van der Waals surface area contributed by atoms with Gasteiger partial charge in [-0.05, 0) is 32.4 Å². The van der Waals surface area contributed by atoms with Gasteiger partial charge in [0.05, 0.1) is 19.8 Å².